The zero-order valence-electron chi connectivity index (χ0n) is 18.9. The number of hydrogen-bond donors (Lipinski definition) is 1. The van der Waals surface area contributed by atoms with Gasteiger partial charge in [-0.25, -0.2) is 9.97 Å². The van der Waals surface area contributed by atoms with Crippen LogP contribution in [0.4, 0.5) is 5.82 Å². The van der Waals surface area contributed by atoms with Crippen molar-refractivity contribution in [1.82, 2.24) is 15.3 Å². The molecular formula is C25H34N4OS. The number of amides is 1. The summed E-state index contributed by atoms with van der Waals surface area (Å²) in [5.74, 6) is 2.23. The molecule has 0 bridgehead atoms. The molecule has 1 amide bonds. The fourth-order valence-corrected chi connectivity index (χ4v) is 4.84. The Morgan fingerprint density at radius 2 is 1.81 bits per heavy atom. The highest BCUT2D eigenvalue weighted by Gasteiger charge is 2.24. The van der Waals surface area contributed by atoms with E-state index in [1.165, 1.54) is 37.7 Å². The van der Waals surface area contributed by atoms with Crippen LogP contribution in [0.15, 0.2) is 35.5 Å². The maximum absolute atomic E-state index is 12.2. The average Bonchev–Trinajstić information content (AvgIpc) is 3.62. The third kappa shape index (κ3) is 6.00. The van der Waals surface area contributed by atoms with Gasteiger partial charge in [0.1, 0.15) is 5.82 Å². The van der Waals surface area contributed by atoms with Gasteiger partial charge in [0.2, 0.25) is 0 Å². The number of benzene rings is 1. The lowest BCUT2D eigenvalue weighted by molar-refractivity contribution is 0.0951. The van der Waals surface area contributed by atoms with E-state index in [2.05, 4.69) is 37.2 Å². The van der Waals surface area contributed by atoms with E-state index in [1.54, 1.807) is 11.8 Å². The first-order valence-electron chi connectivity index (χ1n) is 11.6. The topological polar surface area (TPSA) is 58.1 Å². The zero-order valence-corrected chi connectivity index (χ0v) is 19.8. The number of nitrogens with zero attached hydrogens (tertiary/aromatic N) is 3. The van der Waals surface area contributed by atoms with Crippen molar-refractivity contribution in [2.24, 2.45) is 0 Å². The number of carbonyl (C=O) groups excluding carboxylic acids is 1. The molecule has 2 aromatic rings. The molecule has 1 N–H and O–H groups in total. The van der Waals surface area contributed by atoms with Crippen molar-refractivity contribution >= 4 is 23.5 Å². The van der Waals surface area contributed by atoms with E-state index < -0.39 is 0 Å². The van der Waals surface area contributed by atoms with Crippen molar-refractivity contribution in [2.75, 3.05) is 11.9 Å². The molecule has 0 aliphatic heterocycles. The number of hydrogen-bond acceptors (Lipinski definition) is 5. The summed E-state index contributed by atoms with van der Waals surface area (Å²) in [5.41, 5.74) is 3.01. The highest BCUT2D eigenvalue weighted by molar-refractivity contribution is 7.98. The number of thioether (sulfide) groups is 1. The molecule has 166 valence electrons. The van der Waals surface area contributed by atoms with Crippen LogP contribution < -0.4 is 10.2 Å². The molecule has 1 heterocycles. The summed E-state index contributed by atoms with van der Waals surface area (Å²) in [6.45, 7) is 4.37. The minimum atomic E-state index is 0.0325. The zero-order chi connectivity index (χ0) is 21.8. The fraction of sp³-hybridized carbons (Fsp3) is 0.560. The quantitative estimate of drug-likeness (QED) is 0.432. The van der Waals surface area contributed by atoms with Gasteiger partial charge >= 0.3 is 0 Å². The van der Waals surface area contributed by atoms with E-state index in [0.717, 1.165) is 40.8 Å². The molecule has 2 aliphatic carbocycles. The van der Waals surface area contributed by atoms with Gasteiger partial charge in [0, 0.05) is 42.2 Å². The van der Waals surface area contributed by atoms with Crippen LogP contribution in [0.1, 0.15) is 86.3 Å². The van der Waals surface area contributed by atoms with Crippen LogP contribution in [0.5, 0.6) is 0 Å². The number of anilines is 1. The Bertz CT molecular complexity index is 889. The molecule has 2 fully saturated rings. The van der Waals surface area contributed by atoms with E-state index in [-0.39, 0.29) is 5.91 Å². The van der Waals surface area contributed by atoms with Gasteiger partial charge in [-0.3, -0.25) is 4.79 Å². The van der Waals surface area contributed by atoms with Crippen LogP contribution in [0.2, 0.25) is 0 Å². The summed E-state index contributed by atoms with van der Waals surface area (Å²) in [4.78, 5) is 24.3. The second-order valence-corrected chi connectivity index (χ2v) is 10.2. The highest BCUT2D eigenvalue weighted by Crippen LogP contribution is 2.29. The Labute approximate surface area is 190 Å². The van der Waals surface area contributed by atoms with Crippen LogP contribution in [-0.2, 0) is 5.75 Å². The molecule has 0 saturated heterocycles. The molecule has 0 atom stereocenters. The Morgan fingerprint density at radius 1 is 1.10 bits per heavy atom. The molecule has 1 aromatic heterocycles. The first-order valence-corrected chi connectivity index (χ1v) is 12.6. The first kappa shape index (κ1) is 22.1. The van der Waals surface area contributed by atoms with Gasteiger partial charge < -0.3 is 10.2 Å². The van der Waals surface area contributed by atoms with Crippen molar-refractivity contribution in [3.05, 3.63) is 47.2 Å². The van der Waals surface area contributed by atoms with E-state index in [9.17, 15) is 4.79 Å². The minimum absolute atomic E-state index is 0.0325. The largest absolute Gasteiger partial charge is 0.357 e. The Kier molecular flexibility index (Phi) is 7.16. The maximum Gasteiger partial charge on any atom is 0.251 e. The number of carbonyl (C=O) groups is 1. The molecule has 1 aromatic carbocycles. The van der Waals surface area contributed by atoms with Gasteiger partial charge in [-0.2, -0.15) is 0 Å². The van der Waals surface area contributed by atoms with Crippen molar-refractivity contribution in [3.63, 3.8) is 0 Å². The van der Waals surface area contributed by atoms with Crippen LogP contribution in [-0.4, -0.2) is 35.0 Å². The molecule has 6 heteroatoms. The number of nitrogens with one attached hydrogen (secondary N) is 1. The predicted molar refractivity (Wildman–Crippen MR) is 128 cm³/mol. The summed E-state index contributed by atoms with van der Waals surface area (Å²) in [6.07, 6.45) is 8.69. The molecule has 31 heavy (non-hydrogen) atoms. The van der Waals surface area contributed by atoms with Gasteiger partial charge in [-0.05, 0) is 49.3 Å². The highest BCUT2D eigenvalue weighted by atomic mass is 32.2. The molecular weight excluding hydrogens is 404 g/mol. The van der Waals surface area contributed by atoms with Gasteiger partial charge in [-0.1, -0.05) is 57.0 Å². The SMILES string of the molecule is CC(C)c1cc(N(C)C2CCCCC2)nc(SCc2ccc(C(=O)NC3CC3)cc2)n1. The van der Waals surface area contributed by atoms with Crippen LogP contribution in [0.3, 0.4) is 0 Å². The molecule has 4 rings (SSSR count). The van der Waals surface area contributed by atoms with Crippen LogP contribution in [0, 0.1) is 0 Å². The van der Waals surface area contributed by atoms with E-state index in [0.29, 0.717) is 18.0 Å². The normalized spacial score (nSPS) is 17.0. The molecule has 0 radical (unpaired) electrons. The first-order chi connectivity index (χ1) is 15.0. The fourth-order valence-electron chi connectivity index (χ4n) is 4.02. The second kappa shape index (κ2) is 10.0. The third-order valence-corrected chi connectivity index (χ3v) is 7.20. The second-order valence-electron chi connectivity index (χ2n) is 9.22. The maximum atomic E-state index is 12.2. The smallest absolute Gasteiger partial charge is 0.251 e. The van der Waals surface area contributed by atoms with Crippen LogP contribution >= 0.6 is 11.8 Å². The average molecular weight is 439 g/mol. The Morgan fingerprint density at radius 3 is 2.45 bits per heavy atom. The number of aromatic nitrogens is 2. The molecule has 0 unspecified atom stereocenters. The lowest BCUT2D eigenvalue weighted by Crippen LogP contribution is -2.34. The van der Waals surface area contributed by atoms with Crippen molar-refractivity contribution in [3.8, 4) is 0 Å². The van der Waals surface area contributed by atoms with E-state index >= 15 is 0 Å². The number of rotatable bonds is 8. The lowest BCUT2D eigenvalue weighted by Gasteiger charge is -2.32. The Balaban J connectivity index is 1.43. The Hall–Kier alpha value is -2.08. The summed E-state index contributed by atoms with van der Waals surface area (Å²) in [7, 11) is 2.18. The monoisotopic (exact) mass is 438 g/mol. The van der Waals surface area contributed by atoms with Crippen molar-refractivity contribution in [1.29, 1.82) is 0 Å². The van der Waals surface area contributed by atoms with Gasteiger partial charge in [0.05, 0.1) is 0 Å². The van der Waals surface area contributed by atoms with Crippen molar-refractivity contribution in [2.45, 2.75) is 87.7 Å². The van der Waals surface area contributed by atoms with Gasteiger partial charge in [0.25, 0.3) is 5.91 Å². The molecule has 5 nitrogen and oxygen atoms in total. The molecule has 2 saturated carbocycles. The van der Waals surface area contributed by atoms with Crippen molar-refractivity contribution < 1.29 is 4.79 Å². The summed E-state index contributed by atoms with van der Waals surface area (Å²) in [5, 5.41) is 3.87. The standard InChI is InChI=1S/C25H34N4OS/c1-17(2)22-15-23(29(3)21-7-5-4-6-8-21)28-25(27-22)31-16-18-9-11-19(12-10-18)24(30)26-20-13-14-20/h9-12,15,17,20-21H,4-8,13-14,16H2,1-3H3,(H,26,30). The molecule has 2 aliphatic rings. The third-order valence-electron chi connectivity index (χ3n) is 6.28. The van der Waals surface area contributed by atoms with Gasteiger partial charge in [0.15, 0.2) is 5.16 Å². The van der Waals surface area contributed by atoms with E-state index in [4.69, 9.17) is 9.97 Å². The summed E-state index contributed by atoms with van der Waals surface area (Å²) >= 11 is 1.67. The predicted octanol–water partition coefficient (Wildman–Crippen LogP) is 5.55. The summed E-state index contributed by atoms with van der Waals surface area (Å²) < 4.78 is 0. The summed E-state index contributed by atoms with van der Waals surface area (Å²) in [6, 6.07) is 11.0. The molecule has 0 spiro atoms. The minimum Gasteiger partial charge on any atom is -0.357 e. The lowest BCUT2D eigenvalue weighted by atomic mass is 9.94. The van der Waals surface area contributed by atoms with E-state index in [1.807, 2.05) is 24.3 Å². The van der Waals surface area contributed by atoms with Gasteiger partial charge in [-0.15, -0.1) is 0 Å². The van der Waals surface area contributed by atoms with Crippen LogP contribution in [0.25, 0.3) is 0 Å².